The molecule has 1 amide bonds. The van der Waals surface area contributed by atoms with E-state index in [2.05, 4.69) is 10.3 Å². The lowest BCUT2D eigenvalue weighted by atomic mass is 10.1. The summed E-state index contributed by atoms with van der Waals surface area (Å²) in [5, 5.41) is 5.62. The van der Waals surface area contributed by atoms with Crippen molar-refractivity contribution in [1.82, 2.24) is 9.88 Å². The summed E-state index contributed by atoms with van der Waals surface area (Å²) in [5.41, 5.74) is -0.478. The van der Waals surface area contributed by atoms with Gasteiger partial charge in [0.2, 0.25) is 0 Å². The van der Waals surface area contributed by atoms with Gasteiger partial charge in [0.15, 0.2) is 0 Å². The Morgan fingerprint density at radius 1 is 1.31 bits per heavy atom. The molecule has 1 atom stereocenters. The molecule has 140 valence electrons. The quantitative estimate of drug-likeness (QED) is 0.898. The minimum absolute atomic E-state index is 0.150. The predicted molar refractivity (Wildman–Crippen MR) is 103 cm³/mol. The lowest BCUT2D eigenvalue weighted by molar-refractivity contribution is 0.0206. The summed E-state index contributed by atoms with van der Waals surface area (Å²) in [4.78, 5) is 18.6. The maximum atomic E-state index is 12.3. The first kappa shape index (κ1) is 18.3. The van der Waals surface area contributed by atoms with Gasteiger partial charge < -0.3 is 19.7 Å². The number of piperidine rings is 1. The molecule has 1 fully saturated rings. The second-order valence-corrected chi connectivity index (χ2v) is 7.66. The Morgan fingerprint density at radius 2 is 2.12 bits per heavy atom. The number of nitrogens with zero attached hydrogens (tertiary/aromatic N) is 2. The van der Waals surface area contributed by atoms with Crippen molar-refractivity contribution in [2.24, 2.45) is 0 Å². The van der Waals surface area contributed by atoms with Crippen LogP contribution < -0.4 is 10.1 Å². The number of amides is 1. The van der Waals surface area contributed by atoms with Crippen molar-refractivity contribution in [2.75, 3.05) is 25.5 Å². The van der Waals surface area contributed by atoms with E-state index in [4.69, 9.17) is 9.47 Å². The van der Waals surface area contributed by atoms with Crippen molar-refractivity contribution < 1.29 is 14.3 Å². The maximum Gasteiger partial charge on any atom is 0.410 e. The van der Waals surface area contributed by atoms with E-state index in [0.717, 1.165) is 41.7 Å². The number of hydrogen-bond donors (Lipinski definition) is 1. The van der Waals surface area contributed by atoms with E-state index < -0.39 is 5.60 Å². The van der Waals surface area contributed by atoms with Crippen LogP contribution in [0.4, 0.5) is 10.6 Å². The van der Waals surface area contributed by atoms with Crippen LogP contribution in [0, 0.1) is 0 Å². The number of hydrogen-bond acceptors (Lipinski definition) is 5. The van der Waals surface area contributed by atoms with Crippen molar-refractivity contribution in [3.63, 3.8) is 0 Å². The van der Waals surface area contributed by atoms with E-state index >= 15 is 0 Å². The Balaban J connectivity index is 1.72. The van der Waals surface area contributed by atoms with Crippen molar-refractivity contribution in [3.8, 4) is 5.75 Å². The van der Waals surface area contributed by atoms with Crippen LogP contribution in [0.15, 0.2) is 30.5 Å². The molecule has 0 bridgehead atoms. The van der Waals surface area contributed by atoms with Crippen molar-refractivity contribution in [1.29, 1.82) is 0 Å². The molecule has 26 heavy (non-hydrogen) atoms. The van der Waals surface area contributed by atoms with Gasteiger partial charge in [-0.2, -0.15) is 0 Å². The summed E-state index contributed by atoms with van der Waals surface area (Å²) >= 11 is 0. The van der Waals surface area contributed by atoms with Gasteiger partial charge in [-0.3, -0.25) is 0 Å². The number of rotatable bonds is 3. The van der Waals surface area contributed by atoms with Crippen LogP contribution in [0.25, 0.3) is 10.8 Å². The Labute approximate surface area is 154 Å². The minimum atomic E-state index is -0.478. The van der Waals surface area contributed by atoms with Gasteiger partial charge in [0.05, 0.1) is 7.11 Å². The van der Waals surface area contributed by atoms with Gasteiger partial charge in [-0.15, -0.1) is 0 Å². The highest BCUT2D eigenvalue weighted by atomic mass is 16.6. The first-order chi connectivity index (χ1) is 12.4. The average Bonchev–Trinajstić information content (AvgIpc) is 2.60. The third kappa shape index (κ3) is 4.36. The van der Waals surface area contributed by atoms with Crippen LogP contribution in [0.1, 0.15) is 33.6 Å². The Kier molecular flexibility index (Phi) is 5.20. The van der Waals surface area contributed by atoms with Crippen LogP contribution in [0.2, 0.25) is 0 Å². The zero-order valence-corrected chi connectivity index (χ0v) is 15.9. The standard InChI is InChI=1S/C20H27N3O3/c1-20(2,3)26-19(24)23-11-5-6-15(13-23)22-18-17-8-7-16(25-4)12-14(17)9-10-21-18/h7-10,12,15H,5-6,11,13H2,1-4H3,(H,21,22)/t15-/m1/s1. The number of ether oxygens (including phenoxy) is 2. The molecular formula is C20H27N3O3. The topological polar surface area (TPSA) is 63.7 Å². The second-order valence-electron chi connectivity index (χ2n) is 7.66. The first-order valence-corrected chi connectivity index (χ1v) is 9.03. The molecule has 1 aliphatic rings. The van der Waals surface area contributed by atoms with Gasteiger partial charge in [-0.05, 0) is 63.3 Å². The molecule has 1 saturated heterocycles. The molecular weight excluding hydrogens is 330 g/mol. The Bertz CT molecular complexity index is 785. The molecule has 1 N–H and O–H groups in total. The van der Waals surface area contributed by atoms with Crippen LogP contribution in [0.5, 0.6) is 5.75 Å². The summed E-state index contributed by atoms with van der Waals surface area (Å²) < 4.78 is 10.8. The highest BCUT2D eigenvalue weighted by molar-refractivity contribution is 5.92. The fraction of sp³-hybridized carbons (Fsp3) is 0.500. The molecule has 2 heterocycles. The third-order valence-electron chi connectivity index (χ3n) is 4.39. The van der Waals surface area contributed by atoms with E-state index in [1.807, 2.05) is 45.0 Å². The number of likely N-dealkylation sites (tertiary alicyclic amines) is 1. The molecule has 3 rings (SSSR count). The summed E-state index contributed by atoms with van der Waals surface area (Å²) in [6.07, 6.45) is 3.47. The molecule has 1 aromatic carbocycles. The summed E-state index contributed by atoms with van der Waals surface area (Å²) in [5.74, 6) is 1.66. The number of benzene rings is 1. The molecule has 1 aliphatic heterocycles. The summed E-state index contributed by atoms with van der Waals surface area (Å²) in [6.45, 7) is 7.01. The molecule has 2 aromatic rings. The minimum Gasteiger partial charge on any atom is -0.497 e. The number of aromatic nitrogens is 1. The smallest absolute Gasteiger partial charge is 0.410 e. The van der Waals surface area contributed by atoms with Crippen molar-refractivity contribution >= 4 is 22.7 Å². The van der Waals surface area contributed by atoms with Crippen LogP contribution in [0.3, 0.4) is 0 Å². The number of anilines is 1. The summed E-state index contributed by atoms with van der Waals surface area (Å²) in [6, 6.07) is 8.06. The normalized spacial score (nSPS) is 17.8. The van der Waals surface area contributed by atoms with E-state index in [1.54, 1.807) is 18.2 Å². The molecule has 6 nitrogen and oxygen atoms in total. The number of carbonyl (C=O) groups is 1. The zero-order chi connectivity index (χ0) is 18.7. The third-order valence-corrected chi connectivity index (χ3v) is 4.39. The van der Waals surface area contributed by atoms with Gasteiger partial charge in [0, 0.05) is 30.7 Å². The highest BCUT2D eigenvalue weighted by Crippen LogP contribution is 2.27. The van der Waals surface area contributed by atoms with E-state index in [1.165, 1.54) is 0 Å². The molecule has 0 saturated carbocycles. The lowest BCUT2D eigenvalue weighted by Crippen LogP contribution is -2.47. The van der Waals surface area contributed by atoms with Gasteiger partial charge >= 0.3 is 6.09 Å². The van der Waals surface area contributed by atoms with Gasteiger partial charge in [0.25, 0.3) is 0 Å². The van der Waals surface area contributed by atoms with Crippen molar-refractivity contribution in [3.05, 3.63) is 30.5 Å². The van der Waals surface area contributed by atoms with Crippen LogP contribution in [-0.2, 0) is 4.74 Å². The lowest BCUT2D eigenvalue weighted by Gasteiger charge is -2.34. The largest absolute Gasteiger partial charge is 0.497 e. The molecule has 0 spiro atoms. The fourth-order valence-corrected chi connectivity index (χ4v) is 3.18. The van der Waals surface area contributed by atoms with Gasteiger partial charge in [-0.1, -0.05) is 0 Å². The molecule has 0 radical (unpaired) electrons. The number of fused-ring (bicyclic) bond motifs is 1. The van der Waals surface area contributed by atoms with E-state index in [0.29, 0.717) is 6.54 Å². The predicted octanol–water partition coefficient (Wildman–Crippen LogP) is 4.05. The van der Waals surface area contributed by atoms with Crippen LogP contribution in [-0.4, -0.2) is 47.8 Å². The summed E-state index contributed by atoms with van der Waals surface area (Å²) in [7, 11) is 1.66. The fourth-order valence-electron chi connectivity index (χ4n) is 3.18. The second kappa shape index (κ2) is 7.40. The Morgan fingerprint density at radius 3 is 2.85 bits per heavy atom. The average molecular weight is 357 g/mol. The van der Waals surface area contributed by atoms with Gasteiger partial charge in [-0.25, -0.2) is 9.78 Å². The first-order valence-electron chi connectivity index (χ1n) is 9.03. The molecule has 0 unspecified atom stereocenters. The van der Waals surface area contributed by atoms with E-state index in [-0.39, 0.29) is 12.1 Å². The maximum absolute atomic E-state index is 12.3. The SMILES string of the molecule is COc1ccc2c(N[C@@H]3CCCN(C(=O)OC(C)(C)C)C3)nccc2c1. The number of carbonyl (C=O) groups excluding carboxylic acids is 1. The molecule has 6 heteroatoms. The molecule has 0 aliphatic carbocycles. The van der Waals surface area contributed by atoms with Crippen LogP contribution >= 0.6 is 0 Å². The van der Waals surface area contributed by atoms with E-state index in [9.17, 15) is 4.79 Å². The molecule has 1 aromatic heterocycles. The zero-order valence-electron chi connectivity index (χ0n) is 15.9. The highest BCUT2D eigenvalue weighted by Gasteiger charge is 2.27. The monoisotopic (exact) mass is 357 g/mol. The number of nitrogens with one attached hydrogen (secondary N) is 1. The van der Waals surface area contributed by atoms with Crippen molar-refractivity contribution in [2.45, 2.75) is 45.3 Å². The number of pyridine rings is 1. The number of methoxy groups -OCH3 is 1. The Hall–Kier alpha value is -2.50. The van der Waals surface area contributed by atoms with Gasteiger partial charge in [0.1, 0.15) is 17.2 Å².